The first-order valence-electron chi connectivity index (χ1n) is 8.71. The molecule has 124 valence electrons. The van der Waals surface area contributed by atoms with Crippen LogP contribution in [0.25, 0.3) is 11.3 Å². The maximum absolute atomic E-state index is 12.6. The van der Waals surface area contributed by atoms with Crippen LogP contribution >= 0.6 is 0 Å². The maximum Gasteiger partial charge on any atom is 0.321 e. The molecule has 24 heavy (non-hydrogen) atoms. The van der Waals surface area contributed by atoms with E-state index in [2.05, 4.69) is 24.1 Å². The number of nitrogens with one attached hydrogen (secondary N) is 1. The molecule has 2 aromatic rings. The number of aromatic nitrogens is 1. The normalized spacial score (nSPS) is 25.1. The molecule has 1 aliphatic heterocycles. The van der Waals surface area contributed by atoms with Gasteiger partial charge in [-0.3, -0.25) is 4.98 Å². The molecule has 0 spiro atoms. The van der Waals surface area contributed by atoms with Gasteiger partial charge in [-0.1, -0.05) is 19.1 Å². The van der Waals surface area contributed by atoms with Crippen molar-refractivity contribution >= 4 is 11.7 Å². The SMILES string of the molecule is Cc1ccc(NC(=O)N2CC[C@H]3[C@H](C)[C@H]3C2)cc1-c1ccccn1. The summed E-state index contributed by atoms with van der Waals surface area (Å²) in [6.45, 7) is 6.14. The van der Waals surface area contributed by atoms with Crippen LogP contribution in [0, 0.1) is 24.7 Å². The predicted molar refractivity (Wildman–Crippen MR) is 95.8 cm³/mol. The van der Waals surface area contributed by atoms with Crippen molar-refractivity contribution in [3.8, 4) is 11.3 Å². The predicted octanol–water partition coefficient (Wildman–Crippen LogP) is 4.18. The van der Waals surface area contributed by atoms with Gasteiger partial charge in [0.1, 0.15) is 0 Å². The van der Waals surface area contributed by atoms with Gasteiger partial charge in [-0.15, -0.1) is 0 Å². The molecule has 1 saturated heterocycles. The number of piperidine rings is 1. The molecule has 2 fully saturated rings. The fourth-order valence-electron chi connectivity index (χ4n) is 3.95. The van der Waals surface area contributed by atoms with Crippen LogP contribution in [0.3, 0.4) is 0 Å². The minimum atomic E-state index is 0.0170. The fraction of sp³-hybridized carbons (Fsp3) is 0.400. The van der Waals surface area contributed by atoms with E-state index in [1.165, 1.54) is 0 Å². The molecule has 4 rings (SSSR count). The van der Waals surface area contributed by atoms with Gasteiger partial charge in [0.2, 0.25) is 0 Å². The highest BCUT2D eigenvalue weighted by molar-refractivity contribution is 5.90. The summed E-state index contributed by atoms with van der Waals surface area (Å²) < 4.78 is 0. The topological polar surface area (TPSA) is 45.2 Å². The summed E-state index contributed by atoms with van der Waals surface area (Å²) in [6.07, 6.45) is 2.94. The number of hydrogen-bond acceptors (Lipinski definition) is 2. The van der Waals surface area contributed by atoms with Crippen molar-refractivity contribution in [2.24, 2.45) is 17.8 Å². The second-order valence-corrected chi connectivity index (χ2v) is 7.10. The molecule has 2 amide bonds. The van der Waals surface area contributed by atoms with E-state index in [0.717, 1.165) is 53.9 Å². The van der Waals surface area contributed by atoms with E-state index in [-0.39, 0.29) is 6.03 Å². The zero-order valence-corrected chi connectivity index (χ0v) is 14.2. The van der Waals surface area contributed by atoms with E-state index in [9.17, 15) is 4.79 Å². The molecule has 4 nitrogen and oxygen atoms in total. The van der Waals surface area contributed by atoms with Gasteiger partial charge < -0.3 is 10.2 Å². The van der Waals surface area contributed by atoms with Crippen molar-refractivity contribution in [1.29, 1.82) is 0 Å². The summed E-state index contributed by atoms with van der Waals surface area (Å²) in [5, 5.41) is 3.06. The van der Waals surface area contributed by atoms with E-state index in [1.807, 2.05) is 41.3 Å². The van der Waals surface area contributed by atoms with Crippen molar-refractivity contribution in [3.63, 3.8) is 0 Å². The van der Waals surface area contributed by atoms with E-state index in [0.29, 0.717) is 5.92 Å². The maximum atomic E-state index is 12.6. The van der Waals surface area contributed by atoms with Crippen LogP contribution in [0.4, 0.5) is 10.5 Å². The molecule has 1 aromatic carbocycles. The number of amides is 2. The third-order valence-electron chi connectivity index (χ3n) is 5.64. The summed E-state index contributed by atoms with van der Waals surface area (Å²) in [4.78, 5) is 19.0. The first-order valence-corrected chi connectivity index (χ1v) is 8.71. The first-order chi connectivity index (χ1) is 11.6. The van der Waals surface area contributed by atoms with Crippen molar-refractivity contribution in [1.82, 2.24) is 9.88 Å². The average molecular weight is 321 g/mol. The summed E-state index contributed by atoms with van der Waals surface area (Å²) in [5.74, 6) is 2.36. The number of benzene rings is 1. The summed E-state index contributed by atoms with van der Waals surface area (Å²) >= 11 is 0. The van der Waals surface area contributed by atoms with Crippen LogP contribution in [-0.2, 0) is 0 Å². The van der Waals surface area contributed by atoms with Crippen LogP contribution in [-0.4, -0.2) is 29.0 Å². The molecule has 1 saturated carbocycles. The lowest BCUT2D eigenvalue weighted by molar-refractivity contribution is 0.197. The highest BCUT2D eigenvalue weighted by Gasteiger charge is 2.50. The highest BCUT2D eigenvalue weighted by atomic mass is 16.2. The van der Waals surface area contributed by atoms with Crippen LogP contribution in [0.2, 0.25) is 0 Å². The Balaban J connectivity index is 1.49. The standard InChI is InChI=1S/C20H23N3O/c1-13-6-7-15(11-17(13)19-5-3-4-9-21-19)22-20(24)23-10-8-16-14(2)18(16)12-23/h3-7,9,11,14,16,18H,8,10,12H2,1-2H3,(H,22,24)/t14-,16-,18+/m0/s1. The Bertz CT molecular complexity index is 759. The number of carbonyl (C=O) groups is 1. The van der Waals surface area contributed by atoms with Crippen LogP contribution in [0.5, 0.6) is 0 Å². The molecule has 1 aromatic heterocycles. The Kier molecular flexibility index (Phi) is 3.75. The van der Waals surface area contributed by atoms with Crippen molar-refractivity contribution < 1.29 is 4.79 Å². The molecule has 1 aliphatic carbocycles. The smallest absolute Gasteiger partial charge is 0.321 e. The Morgan fingerprint density at radius 1 is 1.25 bits per heavy atom. The molecule has 4 heteroatoms. The Hall–Kier alpha value is -2.36. The number of pyridine rings is 1. The van der Waals surface area contributed by atoms with Gasteiger partial charge >= 0.3 is 6.03 Å². The zero-order valence-electron chi connectivity index (χ0n) is 14.2. The third-order valence-corrected chi connectivity index (χ3v) is 5.64. The van der Waals surface area contributed by atoms with E-state index < -0.39 is 0 Å². The van der Waals surface area contributed by atoms with E-state index in [1.54, 1.807) is 6.20 Å². The third kappa shape index (κ3) is 2.77. The summed E-state index contributed by atoms with van der Waals surface area (Å²) in [7, 11) is 0. The monoisotopic (exact) mass is 321 g/mol. The summed E-state index contributed by atoms with van der Waals surface area (Å²) in [6, 6.07) is 11.9. The number of likely N-dealkylation sites (tertiary alicyclic amines) is 1. The second-order valence-electron chi connectivity index (χ2n) is 7.10. The number of urea groups is 1. The quantitative estimate of drug-likeness (QED) is 0.902. The number of rotatable bonds is 2. The minimum Gasteiger partial charge on any atom is -0.324 e. The van der Waals surface area contributed by atoms with Crippen LogP contribution < -0.4 is 5.32 Å². The number of aryl methyl sites for hydroxylation is 1. The van der Waals surface area contributed by atoms with E-state index in [4.69, 9.17) is 0 Å². The summed E-state index contributed by atoms with van der Waals surface area (Å²) in [5.41, 5.74) is 3.97. The molecule has 0 unspecified atom stereocenters. The highest BCUT2D eigenvalue weighted by Crippen LogP contribution is 2.51. The Morgan fingerprint density at radius 3 is 2.88 bits per heavy atom. The van der Waals surface area contributed by atoms with E-state index >= 15 is 0 Å². The number of anilines is 1. The van der Waals surface area contributed by atoms with Gasteiger partial charge in [0.05, 0.1) is 5.69 Å². The average Bonchev–Trinajstić information content (AvgIpc) is 3.27. The van der Waals surface area contributed by atoms with Crippen LogP contribution in [0.1, 0.15) is 18.9 Å². The second kappa shape index (κ2) is 5.93. The lowest BCUT2D eigenvalue weighted by atomic mass is 10.0. The minimum absolute atomic E-state index is 0.0170. The van der Waals surface area contributed by atoms with Gasteiger partial charge in [-0.05, 0) is 60.9 Å². The number of hydrogen-bond donors (Lipinski definition) is 1. The lowest BCUT2D eigenvalue weighted by Crippen LogP contribution is -2.39. The molecule has 3 atom stereocenters. The Morgan fingerprint density at radius 2 is 2.12 bits per heavy atom. The molecule has 2 heterocycles. The van der Waals surface area contributed by atoms with Gasteiger partial charge in [-0.25, -0.2) is 4.79 Å². The molecule has 0 bridgehead atoms. The first kappa shape index (κ1) is 15.2. The van der Waals surface area contributed by atoms with Gasteiger partial charge in [0.25, 0.3) is 0 Å². The number of carbonyl (C=O) groups excluding carboxylic acids is 1. The van der Waals surface area contributed by atoms with Gasteiger partial charge in [-0.2, -0.15) is 0 Å². The van der Waals surface area contributed by atoms with Crippen molar-refractivity contribution in [2.75, 3.05) is 18.4 Å². The van der Waals surface area contributed by atoms with Gasteiger partial charge in [0, 0.05) is 30.5 Å². The lowest BCUT2D eigenvalue weighted by Gasteiger charge is -2.26. The number of fused-ring (bicyclic) bond motifs is 1. The molecular formula is C20H23N3O. The molecule has 2 aliphatic rings. The molecular weight excluding hydrogens is 298 g/mol. The van der Waals surface area contributed by atoms with Gasteiger partial charge in [0.15, 0.2) is 0 Å². The molecule has 0 radical (unpaired) electrons. The fourth-order valence-corrected chi connectivity index (χ4v) is 3.95. The van der Waals surface area contributed by atoms with Crippen molar-refractivity contribution in [3.05, 3.63) is 48.2 Å². The van der Waals surface area contributed by atoms with Crippen LogP contribution in [0.15, 0.2) is 42.6 Å². The molecule has 1 N–H and O–H groups in total. The van der Waals surface area contributed by atoms with Crippen molar-refractivity contribution in [2.45, 2.75) is 20.3 Å². The Labute approximate surface area is 142 Å². The number of nitrogens with zero attached hydrogens (tertiary/aromatic N) is 2. The largest absolute Gasteiger partial charge is 0.324 e. The zero-order chi connectivity index (χ0) is 16.7.